The number of anilines is 1. The van der Waals surface area contributed by atoms with Gasteiger partial charge in [-0.3, -0.25) is 4.79 Å². The van der Waals surface area contributed by atoms with Crippen LogP contribution in [0.25, 0.3) is 0 Å². The summed E-state index contributed by atoms with van der Waals surface area (Å²) in [6.07, 6.45) is 8.46. The maximum Gasteiger partial charge on any atom is 0.223 e. The molecular formula is C19H28N4OS. The maximum atomic E-state index is 12.6. The largest absolute Gasteiger partial charge is 0.340 e. The average molecular weight is 361 g/mol. The maximum absolute atomic E-state index is 12.6. The zero-order chi connectivity index (χ0) is 17.0. The minimum absolute atomic E-state index is 0.346. The molecule has 4 heterocycles. The topological polar surface area (TPSA) is 39.7 Å². The molecule has 1 amide bonds. The van der Waals surface area contributed by atoms with Gasteiger partial charge >= 0.3 is 0 Å². The first-order chi connectivity index (χ1) is 12.2. The van der Waals surface area contributed by atoms with Gasteiger partial charge in [0.05, 0.1) is 23.7 Å². The summed E-state index contributed by atoms with van der Waals surface area (Å²) < 4.78 is 0. The van der Waals surface area contributed by atoms with Gasteiger partial charge in [0.15, 0.2) is 5.13 Å². The van der Waals surface area contributed by atoms with Crippen LogP contribution in [0.5, 0.6) is 0 Å². The molecule has 1 aromatic rings. The Balaban J connectivity index is 1.25. The van der Waals surface area contributed by atoms with Gasteiger partial charge in [0.1, 0.15) is 0 Å². The summed E-state index contributed by atoms with van der Waals surface area (Å²) in [6, 6.07) is 1.27. The molecule has 2 atom stereocenters. The Kier molecular flexibility index (Phi) is 4.01. The highest BCUT2D eigenvalue weighted by atomic mass is 32.1. The van der Waals surface area contributed by atoms with Crippen LogP contribution < -0.4 is 4.90 Å². The summed E-state index contributed by atoms with van der Waals surface area (Å²) in [4.78, 5) is 26.0. The third kappa shape index (κ3) is 2.87. The summed E-state index contributed by atoms with van der Waals surface area (Å²) >= 11 is 1.84. The first-order valence-electron chi connectivity index (χ1n) is 9.90. The SMILES string of the molecule is CN1CC2CCC(C1)N2c1nc2c(s1)CN(C(=O)CC1CCCC1)C2. The van der Waals surface area contributed by atoms with Gasteiger partial charge in [0.25, 0.3) is 0 Å². The molecule has 4 aliphatic rings. The Morgan fingerprint density at radius 3 is 2.52 bits per heavy atom. The van der Waals surface area contributed by atoms with E-state index in [4.69, 9.17) is 4.98 Å². The summed E-state index contributed by atoms with van der Waals surface area (Å²) in [5.74, 6) is 0.980. The Hall–Kier alpha value is -1.14. The second kappa shape index (κ2) is 6.23. The van der Waals surface area contributed by atoms with Gasteiger partial charge in [-0.1, -0.05) is 24.2 Å². The molecule has 136 valence electrons. The number of amides is 1. The lowest BCUT2D eigenvalue weighted by atomic mass is 10.0. The van der Waals surface area contributed by atoms with Crippen molar-refractivity contribution < 1.29 is 4.79 Å². The van der Waals surface area contributed by atoms with Crippen molar-refractivity contribution in [3.05, 3.63) is 10.6 Å². The first kappa shape index (κ1) is 16.1. The van der Waals surface area contributed by atoms with Crippen molar-refractivity contribution in [3.63, 3.8) is 0 Å². The minimum atomic E-state index is 0.346. The van der Waals surface area contributed by atoms with Crippen LogP contribution in [0.4, 0.5) is 5.13 Å². The molecule has 0 radical (unpaired) electrons. The van der Waals surface area contributed by atoms with Gasteiger partial charge in [-0.25, -0.2) is 4.98 Å². The van der Waals surface area contributed by atoms with Crippen molar-refractivity contribution >= 4 is 22.4 Å². The average Bonchev–Trinajstić information content (AvgIpc) is 3.30. The van der Waals surface area contributed by atoms with Gasteiger partial charge in [-0.15, -0.1) is 0 Å². The fraction of sp³-hybridized carbons (Fsp3) is 0.789. The number of thiazole rings is 1. The van der Waals surface area contributed by atoms with E-state index >= 15 is 0 Å². The molecular weight excluding hydrogens is 332 g/mol. The standard InChI is InChI=1S/C19H28N4OS/c1-21-9-14-6-7-15(10-21)23(14)19-20-16-11-22(12-17(16)25-19)18(24)8-13-4-2-3-5-13/h13-15H,2-12H2,1H3. The number of piperazine rings is 1. The number of likely N-dealkylation sites (N-methyl/N-ethyl adjacent to an activating group) is 1. The number of aromatic nitrogens is 1. The third-order valence-electron chi connectivity index (χ3n) is 6.62. The lowest BCUT2D eigenvalue weighted by Gasteiger charge is -2.39. The van der Waals surface area contributed by atoms with E-state index in [1.54, 1.807) is 0 Å². The van der Waals surface area contributed by atoms with Gasteiger partial charge < -0.3 is 14.7 Å². The molecule has 3 fully saturated rings. The summed E-state index contributed by atoms with van der Waals surface area (Å²) in [7, 11) is 2.23. The molecule has 6 heteroatoms. The number of nitrogens with zero attached hydrogens (tertiary/aromatic N) is 4. The number of hydrogen-bond donors (Lipinski definition) is 0. The van der Waals surface area contributed by atoms with Crippen LogP contribution in [0.3, 0.4) is 0 Å². The fourth-order valence-corrected chi connectivity index (χ4v) is 6.56. The highest BCUT2D eigenvalue weighted by Crippen LogP contribution is 2.40. The van der Waals surface area contributed by atoms with Crippen LogP contribution in [0.1, 0.15) is 55.5 Å². The molecule has 5 nitrogen and oxygen atoms in total. The Morgan fingerprint density at radius 1 is 1.12 bits per heavy atom. The monoisotopic (exact) mass is 360 g/mol. The Labute approximate surface area is 154 Å². The highest BCUT2D eigenvalue weighted by molar-refractivity contribution is 7.15. The van der Waals surface area contributed by atoms with Crippen molar-refractivity contribution in [2.24, 2.45) is 5.92 Å². The Morgan fingerprint density at radius 2 is 1.84 bits per heavy atom. The number of carbonyl (C=O) groups is 1. The Bertz CT molecular complexity index is 631. The van der Waals surface area contributed by atoms with E-state index in [-0.39, 0.29) is 0 Å². The molecule has 1 aliphatic carbocycles. The van der Waals surface area contributed by atoms with Crippen LogP contribution >= 0.6 is 11.3 Å². The molecule has 2 saturated heterocycles. The fourth-order valence-electron chi connectivity index (χ4n) is 5.33. The number of likely N-dealkylation sites (tertiary alicyclic amines) is 1. The first-order valence-corrected chi connectivity index (χ1v) is 10.7. The minimum Gasteiger partial charge on any atom is -0.340 e. The van der Waals surface area contributed by atoms with Crippen LogP contribution in [-0.4, -0.2) is 52.9 Å². The molecule has 1 aromatic heterocycles. The van der Waals surface area contributed by atoms with Crippen molar-refractivity contribution in [1.82, 2.24) is 14.8 Å². The molecule has 2 unspecified atom stereocenters. The van der Waals surface area contributed by atoms with Crippen LogP contribution in [0, 0.1) is 5.92 Å². The number of carbonyl (C=O) groups excluding carboxylic acids is 1. The molecule has 5 rings (SSSR count). The molecule has 0 N–H and O–H groups in total. The lowest BCUT2D eigenvalue weighted by molar-refractivity contribution is -0.132. The normalized spacial score (nSPS) is 29.6. The van der Waals surface area contributed by atoms with Crippen LogP contribution in [0.2, 0.25) is 0 Å². The van der Waals surface area contributed by atoms with Gasteiger partial charge in [-0.2, -0.15) is 0 Å². The second-order valence-electron chi connectivity index (χ2n) is 8.48. The highest BCUT2D eigenvalue weighted by Gasteiger charge is 2.41. The molecule has 25 heavy (non-hydrogen) atoms. The predicted octanol–water partition coefficient (Wildman–Crippen LogP) is 2.85. The molecule has 2 bridgehead atoms. The molecule has 1 saturated carbocycles. The van der Waals surface area contributed by atoms with Gasteiger partial charge in [0.2, 0.25) is 5.91 Å². The van der Waals surface area contributed by atoms with Crippen LogP contribution in [0.15, 0.2) is 0 Å². The van der Waals surface area contributed by atoms with Crippen molar-refractivity contribution in [2.45, 2.75) is 70.1 Å². The van der Waals surface area contributed by atoms with Crippen molar-refractivity contribution in [2.75, 3.05) is 25.0 Å². The van der Waals surface area contributed by atoms with E-state index in [2.05, 4.69) is 16.8 Å². The van der Waals surface area contributed by atoms with Crippen molar-refractivity contribution in [3.8, 4) is 0 Å². The van der Waals surface area contributed by atoms with Crippen molar-refractivity contribution in [1.29, 1.82) is 0 Å². The van der Waals surface area contributed by atoms with E-state index in [0.29, 0.717) is 23.9 Å². The summed E-state index contributed by atoms with van der Waals surface area (Å²) in [5.41, 5.74) is 1.16. The van der Waals surface area contributed by atoms with E-state index in [9.17, 15) is 4.79 Å². The van der Waals surface area contributed by atoms with Gasteiger partial charge in [-0.05, 0) is 38.6 Å². The zero-order valence-electron chi connectivity index (χ0n) is 15.1. The molecule has 0 spiro atoms. The molecule has 0 aromatic carbocycles. The zero-order valence-corrected chi connectivity index (χ0v) is 15.9. The smallest absolute Gasteiger partial charge is 0.223 e. The summed E-state index contributed by atoms with van der Waals surface area (Å²) in [5, 5.41) is 1.22. The third-order valence-corrected chi connectivity index (χ3v) is 7.71. The quantitative estimate of drug-likeness (QED) is 0.831. The number of hydrogen-bond acceptors (Lipinski definition) is 5. The van der Waals surface area contributed by atoms with E-state index < -0.39 is 0 Å². The van der Waals surface area contributed by atoms with Gasteiger partial charge in [0, 0.05) is 31.6 Å². The van der Waals surface area contributed by atoms with Crippen LogP contribution in [-0.2, 0) is 17.9 Å². The second-order valence-corrected chi connectivity index (χ2v) is 9.55. The lowest BCUT2D eigenvalue weighted by Crippen LogP contribution is -2.52. The predicted molar refractivity (Wildman–Crippen MR) is 99.7 cm³/mol. The number of fused-ring (bicyclic) bond motifs is 3. The number of rotatable bonds is 3. The molecule has 3 aliphatic heterocycles. The summed E-state index contributed by atoms with van der Waals surface area (Å²) in [6.45, 7) is 3.85. The van der Waals surface area contributed by atoms with E-state index in [1.165, 1.54) is 48.5 Å². The van der Waals surface area contributed by atoms with E-state index in [1.807, 2.05) is 16.2 Å². The van der Waals surface area contributed by atoms with E-state index in [0.717, 1.165) is 38.3 Å².